The van der Waals surface area contributed by atoms with Crippen LogP contribution in [0.3, 0.4) is 0 Å². The number of hydrogen-bond acceptors (Lipinski definition) is 7. The number of nitriles is 1. The molecule has 0 radical (unpaired) electrons. The summed E-state index contributed by atoms with van der Waals surface area (Å²) in [6.07, 6.45) is 6.10. The third-order valence-corrected chi connectivity index (χ3v) is 6.31. The molecule has 166 valence electrons. The minimum absolute atomic E-state index is 0.0627. The molecular weight excluding hydrogens is 420 g/mol. The Morgan fingerprint density at radius 1 is 1.18 bits per heavy atom. The highest BCUT2D eigenvalue weighted by molar-refractivity contribution is 5.94. The van der Waals surface area contributed by atoms with E-state index >= 15 is 0 Å². The zero-order chi connectivity index (χ0) is 22.9. The number of benzene rings is 1. The van der Waals surface area contributed by atoms with E-state index in [0.717, 1.165) is 42.4 Å². The number of nitrogens with zero attached hydrogens (tertiary/aromatic N) is 4. The molecular formula is C24H22N6O3. The van der Waals surface area contributed by atoms with Crippen LogP contribution < -0.4 is 11.1 Å². The number of hydrogen-bond donors (Lipinski definition) is 2. The van der Waals surface area contributed by atoms with Crippen LogP contribution in [0.2, 0.25) is 0 Å². The van der Waals surface area contributed by atoms with Gasteiger partial charge in [0.15, 0.2) is 5.82 Å². The van der Waals surface area contributed by atoms with Crippen LogP contribution in [0.15, 0.2) is 41.1 Å². The molecule has 0 aliphatic heterocycles. The van der Waals surface area contributed by atoms with E-state index in [1.165, 1.54) is 5.56 Å². The van der Waals surface area contributed by atoms with Crippen molar-refractivity contribution in [2.24, 2.45) is 17.6 Å². The number of nitrogens with one attached hydrogen (secondary N) is 1. The molecule has 3 N–H and O–H groups in total. The normalized spacial score (nSPS) is 21.4. The van der Waals surface area contributed by atoms with Gasteiger partial charge in [0.05, 0.1) is 17.9 Å². The van der Waals surface area contributed by atoms with Gasteiger partial charge in [-0.05, 0) is 60.1 Å². The number of fused-ring (bicyclic) bond motifs is 1. The summed E-state index contributed by atoms with van der Waals surface area (Å²) >= 11 is 0. The second kappa shape index (κ2) is 8.47. The van der Waals surface area contributed by atoms with Crippen LogP contribution in [0.5, 0.6) is 0 Å². The fraction of sp³-hybridized carbons (Fsp3) is 0.333. The summed E-state index contributed by atoms with van der Waals surface area (Å²) in [5.74, 6) is -0.619. The molecule has 3 aromatic rings. The number of pyridine rings is 1. The summed E-state index contributed by atoms with van der Waals surface area (Å²) in [5.41, 5.74) is 9.52. The van der Waals surface area contributed by atoms with Crippen molar-refractivity contribution in [3.63, 3.8) is 0 Å². The van der Waals surface area contributed by atoms with E-state index in [2.05, 4.69) is 38.6 Å². The van der Waals surface area contributed by atoms with Crippen molar-refractivity contribution in [1.29, 1.82) is 5.26 Å². The van der Waals surface area contributed by atoms with Crippen LogP contribution in [0, 0.1) is 23.2 Å². The average molecular weight is 442 g/mol. The molecule has 9 nitrogen and oxygen atoms in total. The number of anilines is 1. The fourth-order valence-corrected chi connectivity index (χ4v) is 4.43. The van der Waals surface area contributed by atoms with Gasteiger partial charge in [-0.1, -0.05) is 29.8 Å². The van der Waals surface area contributed by atoms with E-state index in [0.29, 0.717) is 18.1 Å². The van der Waals surface area contributed by atoms with Crippen molar-refractivity contribution < 1.29 is 14.1 Å². The number of nitrogens with two attached hydrogens (primary N) is 1. The maximum atomic E-state index is 12.3. The van der Waals surface area contributed by atoms with Crippen molar-refractivity contribution in [2.45, 2.75) is 38.0 Å². The zero-order valence-corrected chi connectivity index (χ0v) is 17.8. The number of amides is 2. The number of rotatable bonds is 5. The van der Waals surface area contributed by atoms with Gasteiger partial charge in [-0.25, -0.2) is 4.98 Å². The van der Waals surface area contributed by atoms with E-state index < -0.39 is 5.91 Å². The van der Waals surface area contributed by atoms with Crippen LogP contribution in [0.25, 0.3) is 11.1 Å². The van der Waals surface area contributed by atoms with E-state index in [1.807, 2.05) is 18.2 Å². The summed E-state index contributed by atoms with van der Waals surface area (Å²) in [4.78, 5) is 32.1. The molecule has 0 unspecified atom stereocenters. The van der Waals surface area contributed by atoms with Gasteiger partial charge in [-0.15, -0.1) is 0 Å². The first-order valence-electron chi connectivity index (χ1n) is 11.0. The largest absolute Gasteiger partial charge is 0.361 e. The molecule has 2 amide bonds. The molecule has 1 aromatic carbocycles. The molecule has 3 atom stereocenters. The minimum Gasteiger partial charge on any atom is -0.361 e. The van der Waals surface area contributed by atoms with Crippen LogP contribution in [0.1, 0.15) is 59.2 Å². The summed E-state index contributed by atoms with van der Waals surface area (Å²) < 4.78 is 5.01. The first-order chi connectivity index (χ1) is 16.0. The Bertz CT molecular complexity index is 1280. The van der Waals surface area contributed by atoms with Crippen LogP contribution >= 0.6 is 0 Å². The predicted molar refractivity (Wildman–Crippen MR) is 118 cm³/mol. The smallest absolute Gasteiger partial charge is 0.315 e. The lowest BCUT2D eigenvalue weighted by molar-refractivity contribution is -0.117. The van der Waals surface area contributed by atoms with Crippen LogP contribution in [-0.4, -0.2) is 26.9 Å². The van der Waals surface area contributed by atoms with Gasteiger partial charge in [0.25, 0.3) is 0 Å². The molecule has 0 spiro atoms. The summed E-state index contributed by atoms with van der Waals surface area (Å²) in [5, 5.41) is 15.8. The van der Waals surface area contributed by atoms with Crippen molar-refractivity contribution in [2.75, 3.05) is 5.32 Å². The van der Waals surface area contributed by atoms with E-state index in [-0.39, 0.29) is 29.6 Å². The van der Waals surface area contributed by atoms with Gasteiger partial charge >= 0.3 is 11.8 Å². The molecule has 2 aromatic heterocycles. The lowest BCUT2D eigenvalue weighted by Gasteiger charge is -2.15. The molecule has 5 rings (SSSR count). The third-order valence-electron chi connectivity index (χ3n) is 6.31. The number of aryl methyl sites for hydroxylation is 1. The molecule has 2 aliphatic rings. The molecule has 0 saturated heterocycles. The summed E-state index contributed by atoms with van der Waals surface area (Å²) in [7, 11) is 0. The molecule has 2 aliphatic carbocycles. The van der Waals surface area contributed by atoms with Gasteiger partial charge < -0.3 is 15.6 Å². The molecule has 33 heavy (non-hydrogen) atoms. The van der Waals surface area contributed by atoms with Crippen LogP contribution in [-0.2, 0) is 11.2 Å². The fourth-order valence-electron chi connectivity index (χ4n) is 4.43. The number of carbonyl (C=O) groups is 2. The monoisotopic (exact) mass is 442 g/mol. The second-order valence-electron chi connectivity index (χ2n) is 8.53. The Hall–Kier alpha value is -4.06. The Kier molecular flexibility index (Phi) is 5.34. The van der Waals surface area contributed by atoms with Crippen molar-refractivity contribution in [3.05, 3.63) is 59.4 Å². The highest BCUT2D eigenvalue weighted by Gasteiger charge is 2.43. The standard InChI is InChI=1S/C24H22N6O3/c25-12-16-10-19(16)23(32)28-20-11-14(7-8-27-20)13-5-6-17-15(9-13)3-1-2-4-18(17)22-29-24(21(26)31)33-30-22/h5-9,11,16,18-19H,1-4,10H2,(H2,26,31)(H,27,28,32)/t16-,18+,19-/m0/s1. The highest BCUT2D eigenvalue weighted by atomic mass is 16.5. The van der Waals surface area contributed by atoms with Gasteiger partial charge in [-0.2, -0.15) is 10.2 Å². The lowest BCUT2D eigenvalue weighted by Crippen LogP contribution is -2.15. The average Bonchev–Trinajstić information content (AvgIpc) is 3.51. The maximum absolute atomic E-state index is 12.3. The Labute approximate surface area is 190 Å². The van der Waals surface area contributed by atoms with E-state index in [4.69, 9.17) is 15.5 Å². The minimum atomic E-state index is -0.733. The second-order valence-corrected chi connectivity index (χ2v) is 8.53. The maximum Gasteiger partial charge on any atom is 0.315 e. The van der Waals surface area contributed by atoms with E-state index in [1.54, 1.807) is 6.20 Å². The van der Waals surface area contributed by atoms with Crippen molar-refractivity contribution in [1.82, 2.24) is 15.1 Å². The van der Waals surface area contributed by atoms with Gasteiger partial charge in [0.1, 0.15) is 5.82 Å². The number of primary amides is 1. The summed E-state index contributed by atoms with van der Waals surface area (Å²) in [6.45, 7) is 0. The van der Waals surface area contributed by atoms with Gasteiger partial charge in [0, 0.05) is 12.1 Å². The quantitative estimate of drug-likeness (QED) is 0.577. The Balaban J connectivity index is 1.41. The SMILES string of the molecule is N#C[C@@H]1C[C@@H]1C(=O)Nc1cc(-c2ccc3c(c2)CCCC[C@H]3c2noc(C(N)=O)n2)ccn1. The highest BCUT2D eigenvalue weighted by Crippen LogP contribution is 2.39. The Morgan fingerprint density at radius 3 is 2.79 bits per heavy atom. The first-order valence-corrected chi connectivity index (χ1v) is 11.0. The molecule has 0 bridgehead atoms. The van der Waals surface area contributed by atoms with Crippen molar-refractivity contribution in [3.8, 4) is 17.2 Å². The molecule has 1 fully saturated rings. The van der Waals surface area contributed by atoms with Gasteiger partial charge in [0.2, 0.25) is 5.91 Å². The molecule has 9 heteroatoms. The topological polar surface area (TPSA) is 148 Å². The predicted octanol–water partition coefficient (Wildman–Crippen LogP) is 3.19. The number of aromatic nitrogens is 3. The van der Waals surface area contributed by atoms with E-state index in [9.17, 15) is 9.59 Å². The van der Waals surface area contributed by atoms with Crippen LogP contribution in [0.4, 0.5) is 5.82 Å². The Morgan fingerprint density at radius 2 is 2.03 bits per heavy atom. The number of carbonyl (C=O) groups excluding carboxylic acids is 2. The third kappa shape index (κ3) is 4.20. The van der Waals surface area contributed by atoms with Crippen molar-refractivity contribution >= 4 is 17.6 Å². The molecule has 2 heterocycles. The summed E-state index contributed by atoms with van der Waals surface area (Å²) in [6, 6.07) is 12.1. The molecule has 1 saturated carbocycles. The van der Waals surface area contributed by atoms with Gasteiger partial charge in [-0.3, -0.25) is 9.59 Å². The zero-order valence-electron chi connectivity index (χ0n) is 17.8. The lowest BCUT2D eigenvalue weighted by atomic mass is 9.90. The first kappa shape index (κ1) is 20.8.